The number of pyridine rings is 1. The van der Waals surface area contributed by atoms with Gasteiger partial charge < -0.3 is 14.4 Å². The second kappa shape index (κ2) is 10.3. The second-order valence-electron chi connectivity index (χ2n) is 11.9. The van der Waals surface area contributed by atoms with Gasteiger partial charge in [0.25, 0.3) is 0 Å². The van der Waals surface area contributed by atoms with E-state index in [4.69, 9.17) is 18.6 Å². The standard InChI is InChI=1S/C33H29F4N5O2/c1-2-20-23(35)9-8-18-6-3-7-21(24(18)20)27-25(36)28-22(15-38-27)31(42-12-5-13-43-30-26(37)29(30)42)40-32(39-28)44-17-33-10-4-11-41(33)16-19(34)14-33/h1,3,6-9,15,19,26,29-30H,4-5,10-14,16-17H2/t19-,26-,29-,30+,33+/m1/s1/i17D2. The molecule has 5 heterocycles. The molecular formula is C33H29F4N5O2. The van der Waals surface area contributed by atoms with Crippen LogP contribution in [0.2, 0.25) is 0 Å². The predicted octanol–water partition coefficient (Wildman–Crippen LogP) is 5.38. The van der Waals surface area contributed by atoms with Crippen LogP contribution >= 0.6 is 0 Å². The van der Waals surface area contributed by atoms with Crippen molar-refractivity contribution in [3.8, 4) is 29.6 Å². The molecule has 1 saturated carbocycles. The molecule has 0 bridgehead atoms. The first-order valence-electron chi connectivity index (χ1n) is 15.8. The predicted molar refractivity (Wildman–Crippen MR) is 157 cm³/mol. The van der Waals surface area contributed by atoms with Gasteiger partial charge in [0.2, 0.25) is 0 Å². The zero-order valence-corrected chi connectivity index (χ0v) is 23.6. The lowest BCUT2D eigenvalue weighted by Crippen LogP contribution is -2.43. The van der Waals surface area contributed by atoms with Crippen molar-refractivity contribution in [2.24, 2.45) is 0 Å². The Balaban J connectivity index is 1.31. The number of alkyl halides is 2. The van der Waals surface area contributed by atoms with Crippen LogP contribution in [0.4, 0.5) is 23.4 Å². The van der Waals surface area contributed by atoms with Crippen molar-refractivity contribution in [3.05, 3.63) is 53.7 Å². The number of rotatable bonds is 5. The summed E-state index contributed by atoms with van der Waals surface area (Å²) in [6.45, 7) is -1.16. The first kappa shape index (κ1) is 25.3. The lowest BCUT2D eigenvalue weighted by Gasteiger charge is -2.31. The third-order valence-corrected chi connectivity index (χ3v) is 9.29. The number of ether oxygens (including phenoxy) is 2. The molecule has 0 spiro atoms. The van der Waals surface area contributed by atoms with E-state index in [1.807, 2.05) is 0 Å². The van der Waals surface area contributed by atoms with Gasteiger partial charge in [-0.2, -0.15) is 9.97 Å². The number of benzene rings is 2. The summed E-state index contributed by atoms with van der Waals surface area (Å²) >= 11 is 0. The van der Waals surface area contributed by atoms with E-state index in [0.717, 1.165) is 0 Å². The number of fused-ring (bicyclic) bond motifs is 4. The number of halogens is 4. The van der Waals surface area contributed by atoms with E-state index in [2.05, 4.69) is 20.9 Å². The first-order chi connectivity index (χ1) is 22.1. The maximum absolute atomic E-state index is 16.8. The summed E-state index contributed by atoms with van der Waals surface area (Å²) in [4.78, 5) is 16.8. The fraction of sp³-hybridized carbons (Fsp3) is 0.424. The molecular weight excluding hydrogens is 574 g/mol. The quantitative estimate of drug-likeness (QED) is 0.224. The number of anilines is 1. The number of nitrogens with zero attached hydrogens (tertiary/aromatic N) is 5. The first-order valence-corrected chi connectivity index (χ1v) is 14.8. The van der Waals surface area contributed by atoms with Crippen LogP contribution in [0.25, 0.3) is 32.9 Å². The Morgan fingerprint density at radius 2 is 2.05 bits per heavy atom. The van der Waals surface area contributed by atoms with E-state index in [-0.39, 0.29) is 46.5 Å². The molecule has 4 aliphatic rings. The Bertz CT molecular complexity index is 1940. The van der Waals surface area contributed by atoms with Crippen molar-refractivity contribution in [1.82, 2.24) is 19.9 Å². The van der Waals surface area contributed by atoms with Crippen molar-refractivity contribution >= 4 is 27.5 Å². The molecule has 0 amide bonds. The lowest BCUT2D eigenvalue weighted by atomic mass is 9.95. The van der Waals surface area contributed by atoms with E-state index in [0.29, 0.717) is 49.7 Å². The van der Waals surface area contributed by atoms with Crippen LogP contribution in [-0.4, -0.2) is 82.7 Å². The molecule has 5 atom stereocenters. The molecule has 0 unspecified atom stereocenters. The van der Waals surface area contributed by atoms with Gasteiger partial charge in [0, 0.05) is 43.3 Å². The zero-order chi connectivity index (χ0) is 32.0. The number of hydrogen-bond donors (Lipinski definition) is 0. The van der Waals surface area contributed by atoms with Gasteiger partial charge in [-0.15, -0.1) is 6.42 Å². The summed E-state index contributed by atoms with van der Waals surface area (Å²) in [6.07, 6.45) is 5.36. The fourth-order valence-electron chi connectivity index (χ4n) is 7.19. The average molecular weight is 606 g/mol. The van der Waals surface area contributed by atoms with Crippen LogP contribution < -0.4 is 9.64 Å². The molecule has 3 aliphatic heterocycles. The van der Waals surface area contributed by atoms with Gasteiger partial charge in [-0.05, 0) is 37.3 Å². The van der Waals surface area contributed by atoms with Crippen LogP contribution in [0.3, 0.4) is 0 Å². The normalized spacial score (nSPS) is 29.1. The van der Waals surface area contributed by atoms with Crippen molar-refractivity contribution in [2.45, 2.75) is 55.7 Å². The third kappa shape index (κ3) is 4.22. The van der Waals surface area contributed by atoms with Crippen LogP contribution in [0, 0.1) is 24.0 Å². The molecule has 226 valence electrons. The summed E-state index contributed by atoms with van der Waals surface area (Å²) in [5.41, 5.74) is -1.46. The van der Waals surface area contributed by atoms with Crippen molar-refractivity contribution < 1.29 is 29.8 Å². The molecule has 1 aliphatic carbocycles. The van der Waals surface area contributed by atoms with E-state index < -0.39 is 54.2 Å². The molecule has 2 aromatic heterocycles. The molecule has 0 N–H and O–H groups in total. The van der Waals surface area contributed by atoms with E-state index in [1.54, 1.807) is 34.1 Å². The maximum atomic E-state index is 16.8. The van der Waals surface area contributed by atoms with Gasteiger partial charge in [0.15, 0.2) is 12.0 Å². The Morgan fingerprint density at radius 3 is 2.91 bits per heavy atom. The van der Waals surface area contributed by atoms with Gasteiger partial charge in [-0.1, -0.05) is 30.2 Å². The van der Waals surface area contributed by atoms with Crippen molar-refractivity contribution in [2.75, 3.05) is 37.7 Å². The Morgan fingerprint density at radius 1 is 1.16 bits per heavy atom. The summed E-state index contributed by atoms with van der Waals surface area (Å²) in [7, 11) is 0. The summed E-state index contributed by atoms with van der Waals surface area (Å²) in [6, 6.07) is 6.61. The highest BCUT2D eigenvalue weighted by Crippen LogP contribution is 2.44. The summed E-state index contributed by atoms with van der Waals surface area (Å²) in [5, 5.41) is 1.03. The minimum atomic E-state index is -2.44. The Hall–Kier alpha value is -4.01. The summed E-state index contributed by atoms with van der Waals surface area (Å²) < 4.78 is 90.6. The van der Waals surface area contributed by atoms with Crippen LogP contribution in [0.5, 0.6) is 6.01 Å². The average Bonchev–Trinajstić information content (AvgIpc) is 3.39. The van der Waals surface area contributed by atoms with Crippen molar-refractivity contribution in [3.63, 3.8) is 0 Å². The van der Waals surface area contributed by atoms with Crippen LogP contribution in [0.15, 0.2) is 36.5 Å². The molecule has 0 radical (unpaired) electrons. The molecule has 11 heteroatoms. The SMILES string of the molecule is [2H]C([2H])(Oc1nc(N2CCCO[C@H]3[C@H](F)[C@H]32)c2cnc(-c3cccc4ccc(F)c(C#C)c34)c(F)c2n1)[C@@]12CCCN1C[C@H](F)C2. The third-order valence-electron chi connectivity index (χ3n) is 9.29. The minimum Gasteiger partial charge on any atom is -0.461 e. The minimum absolute atomic E-state index is 0.0450. The fourth-order valence-corrected chi connectivity index (χ4v) is 7.19. The Labute approximate surface area is 254 Å². The molecule has 8 rings (SSSR count). The topological polar surface area (TPSA) is 63.6 Å². The van der Waals surface area contributed by atoms with Crippen molar-refractivity contribution in [1.29, 1.82) is 0 Å². The lowest BCUT2D eigenvalue weighted by molar-refractivity contribution is 0.105. The van der Waals surface area contributed by atoms with Crippen LogP contribution in [0.1, 0.15) is 34.0 Å². The highest BCUT2D eigenvalue weighted by molar-refractivity contribution is 6.02. The van der Waals surface area contributed by atoms with E-state index >= 15 is 4.39 Å². The highest BCUT2D eigenvalue weighted by Gasteiger charge is 2.58. The van der Waals surface area contributed by atoms with Gasteiger partial charge >= 0.3 is 6.01 Å². The highest BCUT2D eigenvalue weighted by atomic mass is 19.1. The maximum Gasteiger partial charge on any atom is 0.319 e. The van der Waals surface area contributed by atoms with E-state index in [9.17, 15) is 13.2 Å². The van der Waals surface area contributed by atoms with Gasteiger partial charge in [-0.3, -0.25) is 9.88 Å². The molecule has 4 fully saturated rings. The van der Waals surface area contributed by atoms with E-state index in [1.165, 1.54) is 12.3 Å². The number of aromatic nitrogens is 3. The molecule has 7 nitrogen and oxygen atoms in total. The molecule has 44 heavy (non-hydrogen) atoms. The molecule has 2 aromatic carbocycles. The van der Waals surface area contributed by atoms with Gasteiger partial charge in [0.05, 0.1) is 25.3 Å². The zero-order valence-electron chi connectivity index (χ0n) is 25.6. The molecule has 4 aromatic rings. The largest absolute Gasteiger partial charge is 0.461 e. The van der Waals surface area contributed by atoms with Crippen LogP contribution in [-0.2, 0) is 4.74 Å². The Kier molecular flexibility index (Phi) is 5.92. The summed E-state index contributed by atoms with van der Waals surface area (Å²) in [5.74, 6) is 0.947. The molecule has 3 saturated heterocycles. The monoisotopic (exact) mass is 605 g/mol. The smallest absolute Gasteiger partial charge is 0.319 e. The van der Waals surface area contributed by atoms with Gasteiger partial charge in [-0.25, -0.2) is 17.6 Å². The number of hydrogen-bond acceptors (Lipinski definition) is 7. The number of terminal acetylenes is 1. The second-order valence-corrected chi connectivity index (χ2v) is 11.9. The van der Waals surface area contributed by atoms with Gasteiger partial charge in [0.1, 0.15) is 41.7 Å².